The highest BCUT2D eigenvalue weighted by Gasteiger charge is 2.48. The standard InChI is InChI=1S/C24H30IN5O2/c1-17-20(15-26-21(27-17)29-11-13-32-14-12-29)30-16-24(28-22(30)31)9-7-23(2,8-10-24)18-3-5-19(25)6-4-18/h3-6,15H,7-14,16H2,1-2H3,(H,28,31). The van der Waals surface area contributed by atoms with Crippen LogP contribution in [0.2, 0.25) is 0 Å². The molecule has 32 heavy (non-hydrogen) atoms. The highest BCUT2D eigenvalue weighted by atomic mass is 127. The lowest BCUT2D eigenvalue weighted by Gasteiger charge is -2.43. The second-order valence-corrected chi connectivity index (χ2v) is 10.8. The van der Waals surface area contributed by atoms with E-state index in [4.69, 9.17) is 9.72 Å². The van der Waals surface area contributed by atoms with Gasteiger partial charge in [-0.25, -0.2) is 14.8 Å². The molecule has 2 amide bonds. The number of carbonyl (C=O) groups excluding carboxylic acids is 1. The van der Waals surface area contributed by atoms with Crippen molar-refractivity contribution in [2.24, 2.45) is 0 Å². The summed E-state index contributed by atoms with van der Waals surface area (Å²) in [6.45, 7) is 7.99. The maximum Gasteiger partial charge on any atom is 0.322 e. The van der Waals surface area contributed by atoms with Crippen molar-refractivity contribution in [1.29, 1.82) is 0 Å². The first kappa shape index (κ1) is 21.9. The van der Waals surface area contributed by atoms with Crippen LogP contribution in [0.15, 0.2) is 30.5 Å². The zero-order valence-corrected chi connectivity index (χ0v) is 20.9. The number of nitrogens with one attached hydrogen (secondary N) is 1. The molecule has 7 nitrogen and oxygen atoms in total. The first-order valence-electron chi connectivity index (χ1n) is 11.4. The minimum Gasteiger partial charge on any atom is -0.378 e. The lowest BCUT2D eigenvalue weighted by atomic mass is 9.65. The monoisotopic (exact) mass is 547 g/mol. The van der Waals surface area contributed by atoms with Crippen LogP contribution < -0.4 is 15.1 Å². The second-order valence-electron chi connectivity index (χ2n) is 9.60. The van der Waals surface area contributed by atoms with Gasteiger partial charge in [-0.15, -0.1) is 0 Å². The summed E-state index contributed by atoms with van der Waals surface area (Å²) in [5.41, 5.74) is 3.04. The zero-order valence-electron chi connectivity index (χ0n) is 18.7. The Morgan fingerprint density at radius 1 is 1.09 bits per heavy atom. The minimum absolute atomic E-state index is 0.0336. The Morgan fingerprint density at radius 3 is 2.44 bits per heavy atom. The van der Waals surface area contributed by atoms with Crippen molar-refractivity contribution in [3.8, 4) is 0 Å². The van der Waals surface area contributed by atoms with E-state index < -0.39 is 0 Å². The number of carbonyl (C=O) groups is 1. The summed E-state index contributed by atoms with van der Waals surface area (Å²) in [5.74, 6) is 0.717. The molecule has 3 aliphatic rings. The molecular weight excluding hydrogens is 517 g/mol. The van der Waals surface area contributed by atoms with E-state index in [9.17, 15) is 4.79 Å². The predicted octanol–water partition coefficient (Wildman–Crippen LogP) is 4.03. The quantitative estimate of drug-likeness (QED) is 0.588. The molecule has 0 unspecified atom stereocenters. The molecule has 2 aromatic rings. The summed E-state index contributed by atoms with van der Waals surface area (Å²) >= 11 is 2.35. The predicted molar refractivity (Wildman–Crippen MR) is 133 cm³/mol. The molecule has 1 saturated carbocycles. The van der Waals surface area contributed by atoms with Gasteiger partial charge >= 0.3 is 6.03 Å². The molecule has 0 radical (unpaired) electrons. The van der Waals surface area contributed by atoms with Crippen LogP contribution in [0.3, 0.4) is 0 Å². The summed E-state index contributed by atoms with van der Waals surface area (Å²) < 4.78 is 6.69. The molecule has 1 aliphatic carbocycles. The fraction of sp³-hybridized carbons (Fsp3) is 0.542. The number of hydrogen-bond donors (Lipinski definition) is 1. The first-order valence-corrected chi connectivity index (χ1v) is 12.5. The summed E-state index contributed by atoms with van der Waals surface area (Å²) in [5, 5.41) is 3.32. The topological polar surface area (TPSA) is 70.6 Å². The third kappa shape index (κ3) is 4.07. The van der Waals surface area contributed by atoms with Crippen molar-refractivity contribution < 1.29 is 9.53 Å². The van der Waals surface area contributed by atoms with Crippen LogP contribution in [-0.4, -0.2) is 54.4 Å². The van der Waals surface area contributed by atoms with Gasteiger partial charge in [0.05, 0.1) is 42.9 Å². The van der Waals surface area contributed by atoms with Crippen molar-refractivity contribution in [3.63, 3.8) is 0 Å². The van der Waals surface area contributed by atoms with Crippen LogP contribution in [0.25, 0.3) is 0 Å². The van der Waals surface area contributed by atoms with Crippen molar-refractivity contribution in [1.82, 2.24) is 15.3 Å². The molecule has 170 valence electrons. The molecule has 2 aliphatic heterocycles. The Kier molecular flexibility index (Phi) is 5.77. The van der Waals surface area contributed by atoms with Gasteiger partial charge in [-0.3, -0.25) is 4.90 Å². The van der Waals surface area contributed by atoms with Gasteiger partial charge in [0.15, 0.2) is 0 Å². The molecule has 5 rings (SSSR count). The smallest absolute Gasteiger partial charge is 0.322 e. The maximum atomic E-state index is 13.0. The maximum absolute atomic E-state index is 13.0. The molecule has 1 N–H and O–H groups in total. The van der Waals surface area contributed by atoms with Gasteiger partial charge in [-0.05, 0) is 78.3 Å². The minimum atomic E-state index is -0.172. The number of morpholine rings is 1. The summed E-state index contributed by atoms with van der Waals surface area (Å²) in [6.07, 6.45) is 5.89. The van der Waals surface area contributed by atoms with Gasteiger partial charge in [0.2, 0.25) is 5.95 Å². The number of benzene rings is 1. The SMILES string of the molecule is Cc1nc(N2CCOCC2)ncc1N1CC2(CCC(C)(c3ccc(I)cc3)CC2)NC1=O. The van der Waals surface area contributed by atoms with Crippen LogP contribution in [0.4, 0.5) is 16.4 Å². The van der Waals surface area contributed by atoms with Gasteiger partial charge in [0.1, 0.15) is 0 Å². The van der Waals surface area contributed by atoms with Crippen LogP contribution in [0.1, 0.15) is 43.9 Å². The number of aryl methyl sites for hydroxylation is 1. The van der Waals surface area contributed by atoms with Crippen molar-refractivity contribution in [2.45, 2.75) is 50.5 Å². The zero-order chi connectivity index (χ0) is 22.3. The number of amides is 2. The van der Waals surface area contributed by atoms with E-state index in [0.29, 0.717) is 19.8 Å². The van der Waals surface area contributed by atoms with Crippen molar-refractivity contribution in [2.75, 3.05) is 42.6 Å². The summed E-state index contributed by atoms with van der Waals surface area (Å²) in [7, 11) is 0. The molecule has 8 heteroatoms. The van der Waals surface area contributed by atoms with E-state index in [0.717, 1.165) is 56.1 Å². The Morgan fingerprint density at radius 2 is 1.78 bits per heavy atom. The average Bonchev–Trinajstić information content (AvgIpc) is 3.13. The number of aromatic nitrogens is 2. The largest absolute Gasteiger partial charge is 0.378 e. The number of rotatable bonds is 3. The number of halogens is 1. The number of ether oxygens (including phenoxy) is 1. The summed E-state index contributed by atoms with van der Waals surface area (Å²) in [4.78, 5) is 26.3. The molecule has 1 aromatic carbocycles. The number of anilines is 2. The average molecular weight is 547 g/mol. The Hall–Kier alpha value is -1.94. The molecule has 1 aromatic heterocycles. The van der Waals surface area contributed by atoms with Crippen LogP contribution in [-0.2, 0) is 10.2 Å². The van der Waals surface area contributed by atoms with Crippen molar-refractivity contribution >= 4 is 40.3 Å². The normalized spacial score (nSPS) is 28.3. The highest BCUT2D eigenvalue weighted by Crippen LogP contribution is 2.45. The van der Waals surface area contributed by atoms with Gasteiger partial charge in [0.25, 0.3) is 0 Å². The van der Waals surface area contributed by atoms with Crippen LogP contribution in [0.5, 0.6) is 0 Å². The third-order valence-corrected chi connectivity index (χ3v) is 8.17. The van der Waals surface area contributed by atoms with E-state index in [2.05, 4.69) is 69.0 Å². The van der Waals surface area contributed by atoms with Crippen LogP contribution >= 0.6 is 22.6 Å². The van der Waals surface area contributed by atoms with Gasteiger partial charge in [0, 0.05) is 16.7 Å². The Balaban J connectivity index is 1.30. The molecule has 3 fully saturated rings. The van der Waals surface area contributed by atoms with E-state index in [-0.39, 0.29) is 17.0 Å². The van der Waals surface area contributed by atoms with E-state index in [1.807, 2.05) is 18.0 Å². The number of nitrogens with zero attached hydrogens (tertiary/aromatic N) is 4. The lowest BCUT2D eigenvalue weighted by Crippen LogP contribution is -2.49. The fourth-order valence-corrected chi connectivity index (χ4v) is 5.60. The third-order valence-electron chi connectivity index (χ3n) is 7.46. The van der Waals surface area contributed by atoms with Gasteiger partial charge in [-0.2, -0.15) is 0 Å². The van der Waals surface area contributed by atoms with Gasteiger partial charge in [-0.1, -0.05) is 19.1 Å². The molecule has 1 spiro atoms. The number of urea groups is 1. The lowest BCUT2D eigenvalue weighted by molar-refractivity contribution is 0.122. The van der Waals surface area contributed by atoms with Crippen molar-refractivity contribution in [3.05, 3.63) is 45.3 Å². The molecule has 0 atom stereocenters. The summed E-state index contributed by atoms with van der Waals surface area (Å²) in [6, 6.07) is 8.86. The molecule has 3 heterocycles. The second kappa shape index (κ2) is 8.44. The fourth-order valence-electron chi connectivity index (χ4n) is 5.24. The Bertz CT molecular complexity index is 998. The molecule has 2 saturated heterocycles. The highest BCUT2D eigenvalue weighted by molar-refractivity contribution is 14.1. The first-order chi connectivity index (χ1) is 15.4. The van der Waals surface area contributed by atoms with Gasteiger partial charge < -0.3 is 15.0 Å². The molecular formula is C24H30IN5O2. The number of hydrogen-bond acceptors (Lipinski definition) is 5. The van der Waals surface area contributed by atoms with E-state index in [1.165, 1.54) is 9.13 Å². The van der Waals surface area contributed by atoms with Crippen LogP contribution in [0, 0.1) is 10.5 Å². The van der Waals surface area contributed by atoms with E-state index in [1.54, 1.807) is 0 Å². The Labute approximate surface area is 203 Å². The van der Waals surface area contributed by atoms with E-state index >= 15 is 0 Å². The molecule has 0 bridgehead atoms.